The van der Waals surface area contributed by atoms with Crippen LogP contribution < -0.4 is 10.5 Å². The molecule has 1 fully saturated rings. The summed E-state index contributed by atoms with van der Waals surface area (Å²) in [5, 5.41) is 0. The lowest BCUT2D eigenvalue weighted by molar-refractivity contribution is 0.523. The second kappa shape index (κ2) is 6.45. The fourth-order valence-electron chi connectivity index (χ4n) is 1.97. The van der Waals surface area contributed by atoms with Crippen LogP contribution in [0.5, 0.6) is 0 Å². The normalized spacial score (nSPS) is 24.5. The number of rotatable bonds is 5. The molecule has 0 aliphatic carbocycles. The van der Waals surface area contributed by atoms with Crippen molar-refractivity contribution in [3.63, 3.8) is 0 Å². The first kappa shape index (κ1) is 15.1. The Bertz CT molecular complexity index is 543. The van der Waals surface area contributed by atoms with Crippen LogP contribution in [-0.2, 0) is 27.2 Å². The Kier molecular flexibility index (Phi) is 5.13. The Hall–Kier alpha value is -0.280. The van der Waals surface area contributed by atoms with Crippen molar-refractivity contribution in [2.75, 3.05) is 18.1 Å². The second-order valence-corrected chi connectivity index (χ2v) is 9.31. The molecule has 19 heavy (non-hydrogen) atoms. The number of thiophene rings is 1. The van der Waals surface area contributed by atoms with Crippen LogP contribution in [0.25, 0.3) is 0 Å². The van der Waals surface area contributed by atoms with Crippen molar-refractivity contribution in [1.29, 1.82) is 0 Å². The second-order valence-electron chi connectivity index (χ2n) is 4.50. The molecular formula is C11H18N2O3S3. The van der Waals surface area contributed by atoms with Gasteiger partial charge in [0.2, 0.25) is 10.0 Å². The summed E-state index contributed by atoms with van der Waals surface area (Å²) in [4.78, 5) is 0.979. The van der Waals surface area contributed by atoms with E-state index in [1.165, 1.54) is 11.3 Å². The molecule has 0 spiro atoms. The number of nitrogens with two attached hydrogens (primary N) is 1. The molecule has 0 radical (unpaired) electrons. The van der Waals surface area contributed by atoms with E-state index in [0.29, 0.717) is 41.5 Å². The van der Waals surface area contributed by atoms with Gasteiger partial charge in [-0.3, -0.25) is 4.21 Å². The molecule has 0 atom stereocenters. The van der Waals surface area contributed by atoms with Crippen LogP contribution in [0.3, 0.4) is 0 Å². The molecule has 0 amide bonds. The summed E-state index contributed by atoms with van der Waals surface area (Å²) in [7, 11) is -4.22. The van der Waals surface area contributed by atoms with Gasteiger partial charge in [0, 0.05) is 33.2 Å². The summed E-state index contributed by atoms with van der Waals surface area (Å²) in [6.45, 7) is 0.516. The topological polar surface area (TPSA) is 89.3 Å². The molecule has 8 heteroatoms. The van der Waals surface area contributed by atoms with Crippen molar-refractivity contribution >= 4 is 32.2 Å². The highest BCUT2D eigenvalue weighted by atomic mass is 32.2. The molecule has 0 bridgehead atoms. The minimum absolute atomic E-state index is 0.0947. The predicted molar refractivity (Wildman–Crippen MR) is 78.3 cm³/mol. The average molecular weight is 322 g/mol. The van der Waals surface area contributed by atoms with E-state index in [0.717, 1.165) is 4.88 Å². The van der Waals surface area contributed by atoms with Gasteiger partial charge in [0.15, 0.2) is 0 Å². The monoisotopic (exact) mass is 322 g/mol. The van der Waals surface area contributed by atoms with Crippen molar-refractivity contribution < 1.29 is 12.6 Å². The number of hydrogen-bond donors (Lipinski definition) is 2. The molecule has 1 aromatic rings. The molecule has 5 nitrogen and oxygen atoms in total. The van der Waals surface area contributed by atoms with Crippen LogP contribution in [0.1, 0.15) is 17.7 Å². The van der Waals surface area contributed by atoms with Crippen LogP contribution in [0, 0.1) is 0 Å². The van der Waals surface area contributed by atoms with Crippen molar-refractivity contribution in [2.45, 2.75) is 29.5 Å². The van der Waals surface area contributed by atoms with Crippen molar-refractivity contribution in [3.8, 4) is 0 Å². The van der Waals surface area contributed by atoms with E-state index in [1.807, 2.05) is 6.07 Å². The van der Waals surface area contributed by atoms with E-state index in [-0.39, 0.29) is 6.04 Å². The third-order valence-corrected chi connectivity index (χ3v) is 7.54. The molecule has 1 aliphatic heterocycles. The van der Waals surface area contributed by atoms with Gasteiger partial charge in [0.1, 0.15) is 4.21 Å². The van der Waals surface area contributed by atoms with Gasteiger partial charge >= 0.3 is 0 Å². The lowest BCUT2D eigenvalue weighted by atomic mass is 10.2. The molecule has 2 rings (SSSR count). The molecule has 1 aromatic heterocycles. The van der Waals surface area contributed by atoms with Gasteiger partial charge in [-0.25, -0.2) is 13.1 Å². The van der Waals surface area contributed by atoms with Gasteiger partial charge in [-0.05, 0) is 37.9 Å². The molecule has 0 unspecified atom stereocenters. The smallest absolute Gasteiger partial charge is 0.250 e. The fraction of sp³-hybridized carbons (Fsp3) is 0.636. The molecule has 0 aromatic carbocycles. The Balaban J connectivity index is 2.02. The third-order valence-electron chi connectivity index (χ3n) is 3.00. The van der Waals surface area contributed by atoms with E-state index in [4.69, 9.17) is 5.73 Å². The highest BCUT2D eigenvalue weighted by Crippen LogP contribution is 2.23. The van der Waals surface area contributed by atoms with Crippen LogP contribution in [0.2, 0.25) is 0 Å². The quantitative estimate of drug-likeness (QED) is 0.823. The lowest BCUT2D eigenvalue weighted by Crippen LogP contribution is -2.39. The Morgan fingerprint density at radius 3 is 2.68 bits per heavy atom. The van der Waals surface area contributed by atoms with Crippen LogP contribution in [0.4, 0.5) is 0 Å². The summed E-state index contributed by atoms with van der Waals surface area (Å²) >= 11 is 1.26. The van der Waals surface area contributed by atoms with Crippen molar-refractivity contribution in [1.82, 2.24) is 4.72 Å². The fourth-order valence-corrected chi connectivity index (χ4v) is 5.96. The first-order valence-corrected chi connectivity index (χ1v) is 9.96. The van der Waals surface area contributed by atoms with Crippen molar-refractivity contribution in [2.24, 2.45) is 5.73 Å². The van der Waals surface area contributed by atoms with Gasteiger partial charge in [-0.1, -0.05) is 0 Å². The number of hydrogen-bond acceptors (Lipinski definition) is 5. The van der Waals surface area contributed by atoms with Gasteiger partial charge in [0.25, 0.3) is 0 Å². The zero-order chi connectivity index (χ0) is 13.9. The number of sulfonamides is 1. The minimum Gasteiger partial charge on any atom is -0.330 e. The first-order valence-electron chi connectivity index (χ1n) is 6.17. The van der Waals surface area contributed by atoms with Crippen molar-refractivity contribution in [3.05, 3.63) is 17.0 Å². The molecule has 0 saturated carbocycles. The van der Waals surface area contributed by atoms with Crippen LogP contribution in [-0.4, -0.2) is 36.7 Å². The summed E-state index contributed by atoms with van der Waals surface area (Å²) in [5.41, 5.74) is 5.45. The minimum atomic E-state index is -3.45. The first-order chi connectivity index (χ1) is 9.01. The highest BCUT2D eigenvalue weighted by Gasteiger charge is 2.25. The largest absolute Gasteiger partial charge is 0.330 e. The Labute approximate surface area is 120 Å². The zero-order valence-corrected chi connectivity index (χ0v) is 13.0. The molecular weight excluding hydrogens is 304 g/mol. The molecule has 3 N–H and O–H groups in total. The van der Waals surface area contributed by atoms with E-state index in [2.05, 4.69) is 4.72 Å². The van der Waals surface area contributed by atoms with E-state index in [9.17, 15) is 12.6 Å². The number of nitrogens with one attached hydrogen (secondary N) is 1. The van der Waals surface area contributed by atoms with Gasteiger partial charge in [-0.15, -0.1) is 11.3 Å². The average Bonchev–Trinajstić information content (AvgIpc) is 2.82. The summed E-state index contributed by atoms with van der Waals surface area (Å²) in [6.07, 6.45) is 1.99. The predicted octanol–water partition coefficient (Wildman–Crippen LogP) is 0.439. The maximum Gasteiger partial charge on any atom is 0.250 e. The maximum atomic E-state index is 12.2. The lowest BCUT2D eigenvalue weighted by Gasteiger charge is -2.21. The standard InChI is InChI=1S/C11H18N2O3S3/c12-6-3-10-1-2-11(17-10)19(15,16)13-9-4-7-18(14)8-5-9/h1-2,9,13H,3-8,12H2. The molecule has 108 valence electrons. The van der Waals surface area contributed by atoms with E-state index >= 15 is 0 Å². The summed E-state index contributed by atoms with van der Waals surface area (Å²) in [5.74, 6) is 1.16. The SMILES string of the molecule is NCCc1ccc(S(=O)(=O)NC2CCS(=O)CC2)s1. The molecule has 1 saturated heterocycles. The molecule has 1 aliphatic rings. The highest BCUT2D eigenvalue weighted by molar-refractivity contribution is 7.91. The van der Waals surface area contributed by atoms with Gasteiger partial charge < -0.3 is 5.73 Å². The van der Waals surface area contributed by atoms with Gasteiger partial charge in [0.05, 0.1) is 0 Å². The Morgan fingerprint density at radius 2 is 2.05 bits per heavy atom. The van der Waals surface area contributed by atoms with Crippen LogP contribution in [0.15, 0.2) is 16.3 Å². The molecule has 2 heterocycles. The van der Waals surface area contributed by atoms with Gasteiger partial charge in [-0.2, -0.15) is 0 Å². The zero-order valence-electron chi connectivity index (χ0n) is 10.5. The summed E-state index contributed by atoms with van der Waals surface area (Å²) in [6, 6.07) is 3.34. The maximum absolute atomic E-state index is 12.2. The van der Waals surface area contributed by atoms with E-state index < -0.39 is 20.8 Å². The Morgan fingerprint density at radius 1 is 1.37 bits per heavy atom. The third kappa shape index (κ3) is 4.09. The van der Waals surface area contributed by atoms with E-state index in [1.54, 1.807) is 6.07 Å². The summed E-state index contributed by atoms with van der Waals surface area (Å²) < 4.78 is 38.7. The van der Waals surface area contributed by atoms with Crippen LogP contribution >= 0.6 is 11.3 Å².